The zero-order valence-electron chi connectivity index (χ0n) is 9.07. The summed E-state index contributed by atoms with van der Waals surface area (Å²) in [6.07, 6.45) is 1.97. The predicted molar refractivity (Wildman–Crippen MR) is 73.0 cm³/mol. The highest BCUT2D eigenvalue weighted by Crippen LogP contribution is 2.26. The number of para-hydroxylation sites is 1. The van der Waals surface area contributed by atoms with Crippen molar-refractivity contribution in [3.05, 3.63) is 59.8 Å². The van der Waals surface area contributed by atoms with Crippen molar-refractivity contribution in [1.82, 2.24) is 4.98 Å². The summed E-state index contributed by atoms with van der Waals surface area (Å²) < 4.78 is 0. The fourth-order valence-corrected chi connectivity index (χ4v) is 1.99. The highest BCUT2D eigenvalue weighted by molar-refractivity contribution is 6.30. The number of nitrogens with one attached hydrogen (secondary N) is 2. The lowest BCUT2D eigenvalue weighted by Crippen LogP contribution is -1.87. The lowest BCUT2D eigenvalue weighted by atomic mass is 10.2. The first kappa shape index (κ1) is 10.2. The normalized spacial score (nSPS) is 10.6. The lowest BCUT2D eigenvalue weighted by Gasteiger charge is -2.04. The Kier molecular flexibility index (Phi) is 2.50. The molecule has 3 aromatic rings. The quantitative estimate of drug-likeness (QED) is 0.677. The molecule has 0 aliphatic carbocycles. The van der Waals surface area contributed by atoms with Gasteiger partial charge in [-0.05, 0) is 30.3 Å². The van der Waals surface area contributed by atoms with Gasteiger partial charge in [0.2, 0.25) is 0 Å². The van der Waals surface area contributed by atoms with Crippen LogP contribution in [0.3, 0.4) is 0 Å². The van der Waals surface area contributed by atoms with Gasteiger partial charge in [-0.1, -0.05) is 29.8 Å². The molecule has 0 fully saturated rings. The number of anilines is 2. The molecule has 0 amide bonds. The second-order valence-electron chi connectivity index (χ2n) is 3.88. The largest absolute Gasteiger partial charge is 0.359 e. The van der Waals surface area contributed by atoms with E-state index in [9.17, 15) is 0 Å². The molecule has 1 heterocycles. The number of aromatic nitrogens is 1. The van der Waals surface area contributed by atoms with Crippen molar-refractivity contribution in [3.63, 3.8) is 0 Å². The van der Waals surface area contributed by atoms with Gasteiger partial charge in [-0.25, -0.2) is 0 Å². The average Bonchev–Trinajstić information content (AvgIpc) is 2.76. The van der Waals surface area contributed by atoms with Gasteiger partial charge >= 0.3 is 0 Å². The number of rotatable bonds is 2. The Hall–Kier alpha value is -1.93. The maximum Gasteiger partial charge on any atom is 0.0641 e. The number of aromatic amines is 1. The van der Waals surface area contributed by atoms with Gasteiger partial charge in [0.05, 0.1) is 5.69 Å². The molecule has 0 spiro atoms. The van der Waals surface area contributed by atoms with Crippen LogP contribution in [0, 0.1) is 0 Å². The van der Waals surface area contributed by atoms with Crippen molar-refractivity contribution < 1.29 is 0 Å². The minimum atomic E-state index is 0.745. The monoisotopic (exact) mass is 242 g/mol. The number of fused-ring (bicyclic) bond motifs is 1. The van der Waals surface area contributed by atoms with E-state index in [2.05, 4.69) is 22.4 Å². The molecule has 0 saturated heterocycles. The molecule has 2 N–H and O–H groups in total. The highest BCUT2D eigenvalue weighted by atomic mass is 35.5. The molecule has 3 heteroatoms. The highest BCUT2D eigenvalue weighted by Gasteiger charge is 2.02. The van der Waals surface area contributed by atoms with Crippen LogP contribution in [0.1, 0.15) is 0 Å². The molecule has 84 valence electrons. The Morgan fingerprint density at radius 3 is 2.53 bits per heavy atom. The van der Waals surface area contributed by atoms with Crippen molar-refractivity contribution >= 4 is 33.9 Å². The summed E-state index contributed by atoms with van der Waals surface area (Å²) in [5.74, 6) is 0. The van der Waals surface area contributed by atoms with Gasteiger partial charge < -0.3 is 10.3 Å². The van der Waals surface area contributed by atoms with Crippen LogP contribution in [-0.2, 0) is 0 Å². The maximum atomic E-state index is 5.85. The van der Waals surface area contributed by atoms with E-state index in [0.29, 0.717) is 0 Å². The number of hydrogen-bond donors (Lipinski definition) is 2. The first-order chi connectivity index (χ1) is 8.33. The molecule has 0 radical (unpaired) electrons. The van der Waals surface area contributed by atoms with E-state index in [-0.39, 0.29) is 0 Å². The van der Waals surface area contributed by atoms with E-state index >= 15 is 0 Å². The Balaban J connectivity index is 1.97. The van der Waals surface area contributed by atoms with Crippen molar-refractivity contribution in [2.75, 3.05) is 5.32 Å². The summed E-state index contributed by atoms with van der Waals surface area (Å²) in [6, 6.07) is 15.9. The average molecular weight is 243 g/mol. The first-order valence-corrected chi connectivity index (χ1v) is 5.79. The van der Waals surface area contributed by atoms with Crippen LogP contribution in [-0.4, -0.2) is 4.98 Å². The Labute approximate surface area is 104 Å². The molecule has 0 unspecified atom stereocenters. The summed E-state index contributed by atoms with van der Waals surface area (Å²) in [7, 11) is 0. The topological polar surface area (TPSA) is 27.8 Å². The summed E-state index contributed by atoms with van der Waals surface area (Å²) in [6.45, 7) is 0. The van der Waals surface area contributed by atoms with Gasteiger partial charge in [0, 0.05) is 27.8 Å². The fourth-order valence-electron chi connectivity index (χ4n) is 1.86. The van der Waals surface area contributed by atoms with Crippen molar-refractivity contribution in [3.8, 4) is 0 Å². The molecule has 3 rings (SSSR count). The maximum absolute atomic E-state index is 5.85. The lowest BCUT2D eigenvalue weighted by molar-refractivity contribution is 1.46. The summed E-state index contributed by atoms with van der Waals surface area (Å²) >= 11 is 5.85. The van der Waals surface area contributed by atoms with Gasteiger partial charge in [-0.15, -0.1) is 0 Å². The third-order valence-electron chi connectivity index (χ3n) is 2.71. The predicted octanol–water partition coefficient (Wildman–Crippen LogP) is 4.56. The Morgan fingerprint density at radius 2 is 1.71 bits per heavy atom. The molecule has 2 nitrogen and oxygen atoms in total. The van der Waals surface area contributed by atoms with Gasteiger partial charge in [0.1, 0.15) is 0 Å². The zero-order chi connectivity index (χ0) is 11.7. The minimum Gasteiger partial charge on any atom is -0.359 e. The van der Waals surface area contributed by atoms with Crippen LogP contribution in [0.2, 0.25) is 5.02 Å². The van der Waals surface area contributed by atoms with Crippen LogP contribution in [0.25, 0.3) is 10.9 Å². The molecule has 0 bridgehead atoms. The second kappa shape index (κ2) is 4.15. The fraction of sp³-hybridized carbons (Fsp3) is 0. The van der Waals surface area contributed by atoms with Crippen LogP contribution in [0.15, 0.2) is 54.7 Å². The van der Waals surface area contributed by atoms with Gasteiger partial charge in [0.15, 0.2) is 0 Å². The summed E-state index contributed by atoms with van der Waals surface area (Å²) in [5, 5.41) is 5.29. The summed E-state index contributed by atoms with van der Waals surface area (Å²) in [5.41, 5.74) is 3.23. The van der Waals surface area contributed by atoms with E-state index in [1.807, 2.05) is 42.6 Å². The standard InChI is InChI=1S/C14H11ClN2/c15-10-5-7-11(8-6-10)17-14-9-16-13-4-2-1-3-12(13)14/h1-9,16-17H. The van der Waals surface area contributed by atoms with E-state index in [1.54, 1.807) is 0 Å². The first-order valence-electron chi connectivity index (χ1n) is 5.42. The number of benzene rings is 2. The molecule has 0 aliphatic heterocycles. The minimum absolute atomic E-state index is 0.745. The van der Waals surface area contributed by atoms with Crippen molar-refractivity contribution in [1.29, 1.82) is 0 Å². The van der Waals surface area contributed by atoms with Crippen molar-refractivity contribution in [2.45, 2.75) is 0 Å². The van der Waals surface area contributed by atoms with Crippen LogP contribution < -0.4 is 5.32 Å². The molecule has 2 aromatic carbocycles. The van der Waals surface area contributed by atoms with Gasteiger partial charge in [-0.2, -0.15) is 0 Å². The second-order valence-corrected chi connectivity index (χ2v) is 4.32. The van der Waals surface area contributed by atoms with Crippen molar-refractivity contribution in [2.24, 2.45) is 0 Å². The summed E-state index contributed by atoms with van der Waals surface area (Å²) in [4.78, 5) is 3.23. The SMILES string of the molecule is Clc1ccc(Nc2c[nH]c3ccccc23)cc1. The molecule has 17 heavy (non-hydrogen) atoms. The molecule has 0 atom stereocenters. The van der Waals surface area contributed by atoms with Crippen LogP contribution >= 0.6 is 11.6 Å². The number of H-pyrrole nitrogens is 1. The Morgan fingerprint density at radius 1 is 0.941 bits per heavy atom. The van der Waals surface area contributed by atoms with Crippen LogP contribution in [0.5, 0.6) is 0 Å². The van der Waals surface area contributed by atoms with Crippen LogP contribution in [0.4, 0.5) is 11.4 Å². The van der Waals surface area contributed by atoms with Gasteiger partial charge in [-0.3, -0.25) is 0 Å². The number of hydrogen-bond acceptors (Lipinski definition) is 1. The zero-order valence-corrected chi connectivity index (χ0v) is 9.83. The van der Waals surface area contributed by atoms with Gasteiger partial charge in [0.25, 0.3) is 0 Å². The van der Waals surface area contributed by atoms with E-state index in [1.165, 1.54) is 5.39 Å². The van der Waals surface area contributed by atoms with E-state index in [4.69, 9.17) is 11.6 Å². The third-order valence-corrected chi connectivity index (χ3v) is 2.96. The molecular weight excluding hydrogens is 232 g/mol. The smallest absolute Gasteiger partial charge is 0.0641 e. The van der Waals surface area contributed by atoms with E-state index < -0.39 is 0 Å². The molecule has 0 saturated carbocycles. The molecule has 1 aromatic heterocycles. The van der Waals surface area contributed by atoms with E-state index in [0.717, 1.165) is 21.9 Å². The Bertz CT molecular complexity index is 641. The molecule has 0 aliphatic rings. The number of halogens is 1. The molecular formula is C14H11ClN2. The third kappa shape index (κ3) is 1.99.